The molecule has 0 saturated carbocycles. The van der Waals surface area contributed by atoms with Gasteiger partial charge < -0.3 is 11.5 Å². The second kappa shape index (κ2) is 6.39. The van der Waals surface area contributed by atoms with Crippen molar-refractivity contribution in [1.29, 1.82) is 0 Å². The zero-order valence-corrected chi connectivity index (χ0v) is 13.8. The van der Waals surface area contributed by atoms with Crippen LogP contribution in [0.5, 0.6) is 0 Å². The number of nitrogens with two attached hydrogens (primary N) is 2. The molecule has 116 valence electrons. The molecule has 2 aromatic heterocycles. The zero-order valence-electron chi connectivity index (χ0n) is 12.2. The molecule has 0 radical (unpaired) electrons. The minimum Gasteiger partial charge on any atom is -0.381 e. The van der Waals surface area contributed by atoms with Gasteiger partial charge in [-0.05, 0) is 24.5 Å². The molecule has 2 heterocycles. The SMILES string of the molecule is CSc1nccc(-c2nc(N)c(N)nc2-c2cccc(Cl)c2)n1. The maximum absolute atomic E-state index is 6.08. The Hall–Kier alpha value is -2.38. The summed E-state index contributed by atoms with van der Waals surface area (Å²) in [4.78, 5) is 17.4. The lowest BCUT2D eigenvalue weighted by molar-refractivity contribution is 0.970. The minimum atomic E-state index is 0.162. The van der Waals surface area contributed by atoms with Gasteiger partial charge in [0.2, 0.25) is 0 Å². The molecule has 4 N–H and O–H groups in total. The van der Waals surface area contributed by atoms with Crippen LogP contribution in [0.1, 0.15) is 0 Å². The van der Waals surface area contributed by atoms with E-state index >= 15 is 0 Å². The van der Waals surface area contributed by atoms with Crippen molar-refractivity contribution in [3.05, 3.63) is 41.6 Å². The Morgan fingerprint density at radius 1 is 1.00 bits per heavy atom. The van der Waals surface area contributed by atoms with Crippen LogP contribution in [0, 0.1) is 0 Å². The molecule has 8 heteroatoms. The van der Waals surface area contributed by atoms with E-state index in [1.54, 1.807) is 24.4 Å². The van der Waals surface area contributed by atoms with Crippen LogP contribution in [-0.4, -0.2) is 26.2 Å². The molecule has 1 aromatic carbocycles. The maximum Gasteiger partial charge on any atom is 0.187 e. The van der Waals surface area contributed by atoms with Gasteiger partial charge in [-0.2, -0.15) is 0 Å². The molecule has 3 aromatic rings. The normalized spacial score (nSPS) is 10.7. The van der Waals surface area contributed by atoms with Gasteiger partial charge in [-0.15, -0.1) is 0 Å². The van der Waals surface area contributed by atoms with Crippen LogP contribution < -0.4 is 11.5 Å². The number of hydrogen-bond acceptors (Lipinski definition) is 7. The summed E-state index contributed by atoms with van der Waals surface area (Å²) < 4.78 is 0. The average molecular weight is 345 g/mol. The number of halogens is 1. The summed E-state index contributed by atoms with van der Waals surface area (Å²) in [5, 5.41) is 1.23. The molecule has 3 rings (SSSR count). The van der Waals surface area contributed by atoms with E-state index in [2.05, 4.69) is 19.9 Å². The van der Waals surface area contributed by atoms with Crippen molar-refractivity contribution in [3.8, 4) is 22.6 Å². The van der Waals surface area contributed by atoms with E-state index < -0.39 is 0 Å². The van der Waals surface area contributed by atoms with Crippen LogP contribution in [0.2, 0.25) is 5.02 Å². The van der Waals surface area contributed by atoms with Gasteiger partial charge in [0, 0.05) is 16.8 Å². The number of aromatic nitrogens is 4. The van der Waals surface area contributed by atoms with E-state index in [0.717, 1.165) is 5.56 Å². The van der Waals surface area contributed by atoms with Crippen LogP contribution in [0.25, 0.3) is 22.6 Å². The Balaban J connectivity index is 2.25. The summed E-state index contributed by atoms with van der Waals surface area (Å²) >= 11 is 7.52. The van der Waals surface area contributed by atoms with E-state index in [9.17, 15) is 0 Å². The van der Waals surface area contributed by atoms with Crippen LogP contribution in [-0.2, 0) is 0 Å². The topological polar surface area (TPSA) is 104 Å². The minimum absolute atomic E-state index is 0.162. The van der Waals surface area contributed by atoms with Crippen LogP contribution in [0.15, 0.2) is 41.7 Å². The molecule has 0 saturated heterocycles. The number of rotatable bonds is 3. The average Bonchev–Trinajstić information content (AvgIpc) is 2.57. The van der Waals surface area contributed by atoms with Gasteiger partial charge in [0.25, 0.3) is 0 Å². The third kappa shape index (κ3) is 3.20. The molecular weight excluding hydrogens is 332 g/mol. The van der Waals surface area contributed by atoms with Crippen molar-refractivity contribution in [3.63, 3.8) is 0 Å². The molecule has 23 heavy (non-hydrogen) atoms. The highest BCUT2D eigenvalue weighted by molar-refractivity contribution is 7.98. The fraction of sp³-hybridized carbons (Fsp3) is 0.0667. The molecule has 0 bridgehead atoms. The molecule has 6 nitrogen and oxygen atoms in total. The Kier molecular flexibility index (Phi) is 4.31. The van der Waals surface area contributed by atoms with Crippen molar-refractivity contribution in [2.24, 2.45) is 0 Å². The fourth-order valence-corrected chi connectivity index (χ4v) is 2.59. The summed E-state index contributed by atoms with van der Waals surface area (Å²) in [5.41, 5.74) is 14.2. The lowest BCUT2D eigenvalue weighted by Gasteiger charge is -2.11. The van der Waals surface area contributed by atoms with Gasteiger partial charge >= 0.3 is 0 Å². The Morgan fingerprint density at radius 2 is 1.74 bits per heavy atom. The molecule has 0 atom stereocenters. The molecule has 0 spiro atoms. The predicted molar refractivity (Wildman–Crippen MR) is 94.1 cm³/mol. The summed E-state index contributed by atoms with van der Waals surface area (Å²) in [6, 6.07) is 9.05. The summed E-state index contributed by atoms with van der Waals surface area (Å²) in [7, 11) is 0. The quantitative estimate of drug-likeness (QED) is 0.555. The van der Waals surface area contributed by atoms with Crippen LogP contribution in [0.4, 0.5) is 11.6 Å². The highest BCUT2D eigenvalue weighted by Gasteiger charge is 2.16. The van der Waals surface area contributed by atoms with Crippen LogP contribution >= 0.6 is 23.4 Å². The van der Waals surface area contributed by atoms with Crippen molar-refractivity contribution < 1.29 is 0 Å². The second-order valence-corrected chi connectivity index (χ2v) is 5.84. The van der Waals surface area contributed by atoms with Crippen molar-refractivity contribution >= 4 is 35.0 Å². The lowest BCUT2D eigenvalue weighted by atomic mass is 10.1. The molecule has 0 amide bonds. The number of nitrogens with zero attached hydrogens (tertiary/aromatic N) is 4. The maximum atomic E-state index is 6.08. The first kappa shape index (κ1) is 15.5. The number of nitrogen functional groups attached to an aromatic ring is 2. The van der Waals surface area contributed by atoms with Gasteiger partial charge in [0.15, 0.2) is 16.8 Å². The molecule has 0 aliphatic heterocycles. The number of hydrogen-bond donors (Lipinski definition) is 2. The molecule has 0 aliphatic rings. The monoisotopic (exact) mass is 344 g/mol. The Bertz CT molecular complexity index is 870. The molecule has 0 fully saturated rings. The zero-order chi connectivity index (χ0) is 16.4. The Labute approximate surface area is 142 Å². The highest BCUT2D eigenvalue weighted by Crippen LogP contribution is 2.32. The summed E-state index contributed by atoms with van der Waals surface area (Å²) in [6.45, 7) is 0. The second-order valence-electron chi connectivity index (χ2n) is 4.63. The number of benzene rings is 1. The van der Waals surface area contributed by atoms with Crippen molar-refractivity contribution in [2.75, 3.05) is 17.7 Å². The smallest absolute Gasteiger partial charge is 0.187 e. The van der Waals surface area contributed by atoms with Gasteiger partial charge in [-0.1, -0.05) is 35.5 Å². The molecule has 0 unspecified atom stereocenters. The summed E-state index contributed by atoms with van der Waals surface area (Å²) in [6.07, 6.45) is 3.57. The third-order valence-corrected chi connectivity index (χ3v) is 3.90. The van der Waals surface area contributed by atoms with E-state index in [4.69, 9.17) is 23.1 Å². The molecule has 0 aliphatic carbocycles. The Morgan fingerprint density at radius 3 is 2.43 bits per heavy atom. The number of anilines is 2. The van der Waals surface area contributed by atoms with E-state index in [0.29, 0.717) is 27.3 Å². The first-order valence-electron chi connectivity index (χ1n) is 6.65. The van der Waals surface area contributed by atoms with Gasteiger partial charge in [-0.3, -0.25) is 0 Å². The van der Waals surface area contributed by atoms with Gasteiger partial charge in [0.1, 0.15) is 11.4 Å². The van der Waals surface area contributed by atoms with Gasteiger partial charge in [-0.25, -0.2) is 19.9 Å². The van der Waals surface area contributed by atoms with E-state index in [-0.39, 0.29) is 11.6 Å². The first-order chi connectivity index (χ1) is 11.1. The highest BCUT2D eigenvalue weighted by atomic mass is 35.5. The van der Waals surface area contributed by atoms with Crippen LogP contribution in [0.3, 0.4) is 0 Å². The fourth-order valence-electron chi connectivity index (χ4n) is 2.05. The predicted octanol–water partition coefficient (Wildman–Crippen LogP) is 3.14. The van der Waals surface area contributed by atoms with Crippen molar-refractivity contribution in [2.45, 2.75) is 5.16 Å². The van der Waals surface area contributed by atoms with Gasteiger partial charge in [0.05, 0.1) is 5.69 Å². The third-order valence-electron chi connectivity index (χ3n) is 3.11. The summed E-state index contributed by atoms with van der Waals surface area (Å²) in [5.74, 6) is 0.331. The van der Waals surface area contributed by atoms with E-state index in [1.807, 2.05) is 18.4 Å². The van der Waals surface area contributed by atoms with E-state index in [1.165, 1.54) is 11.8 Å². The largest absolute Gasteiger partial charge is 0.381 e. The first-order valence-corrected chi connectivity index (χ1v) is 8.25. The van der Waals surface area contributed by atoms with Crippen molar-refractivity contribution in [1.82, 2.24) is 19.9 Å². The number of thioether (sulfide) groups is 1. The molecular formula is C15H13ClN6S. The standard InChI is InChI=1S/C15H13ClN6S/c1-23-15-19-6-5-10(20-15)12-11(21-13(17)14(18)22-12)8-3-2-4-9(16)7-8/h2-7H,1H3,(H2,17,21)(H2,18,22). The lowest BCUT2D eigenvalue weighted by Crippen LogP contribution is -2.05.